The summed E-state index contributed by atoms with van der Waals surface area (Å²) in [5, 5.41) is 8.71. The van der Waals surface area contributed by atoms with Crippen LogP contribution in [0.4, 0.5) is 0 Å². The van der Waals surface area contributed by atoms with Crippen LogP contribution < -0.4 is 9.47 Å². The van der Waals surface area contributed by atoms with Crippen LogP contribution in [0.1, 0.15) is 6.92 Å². The number of rotatable bonds is 8. The molecule has 0 amide bonds. The van der Waals surface area contributed by atoms with E-state index < -0.39 is 22.7 Å². The van der Waals surface area contributed by atoms with Crippen molar-refractivity contribution in [2.75, 3.05) is 25.2 Å². The van der Waals surface area contributed by atoms with Crippen LogP contribution in [-0.2, 0) is 15.6 Å². The molecule has 5 nitrogen and oxygen atoms in total. The maximum atomic E-state index is 11.6. The Morgan fingerprint density at radius 1 is 1.32 bits per heavy atom. The van der Waals surface area contributed by atoms with Crippen LogP contribution in [0.25, 0.3) is 0 Å². The summed E-state index contributed by atoms with van der Waals surface area (Å²) in [4.78, 5) is 10.6. The van der Waals surface area contributed by atoms with Gasteiger partial charge < -0.3 is 14.6 Å². The van der Waals surface area contributed by atoms with Gasteiger partial charge in [-0.3, -0.25) is 9.00 Å². The van der Waals surface area contributed by atoms with Gasteiger partial charge in [0.2, 0.25) is 0 Å². The van der Waals surface area contributed by atoms with Gasteiger partial charge in [0.15, 0.2) is 0 Å². The molecule has 0 aliphatic heterocycles. The number of methoxy groups -OCH3 is 1. The van der Waals surface area contributed by atoms with Crippen molar-refractivity contribution in [1.82, 2.24) is 0 Å². The van der Waals surface area contributed by atoms with E-state index in [4.69, 9.17) is 14.6 Å². The van der Waals surface area contributed by atoms with E-state index in [1.165, 1.54) is 0 Å². The zero-order chi connectivity index (χ0) is 14.3. The molecule has 1 aromatic rings. The third-order valence-corrected chi connectivity index (χ3v) is 3.99. The first kappa shape index (κ1) is 15.5. The van der Waals surface area contributed by atoms with Gasteiger partial charge in [-0.15, -0.1) is 0 Å². The molecule has 19 heavy (non-hydrogen) atoms. The number of benzene rings is 1. The van der Waals surface area contributed by atoms with Crippen LogP contribution in [-0.4, -0.2) is 40.5 Å². The van der Waals surface area contributed by atoms with E-state index in [0.29, 0.717) is 18.1 Å². The molecule has 2 atom stereocenters. The van der Waals surface area contributed by atoms with Gasteiger partial charge in [0.25, 0.3) is 0 Å². The monoisotopic (exact) mass is 286 g/mol. The maximum absolute atomic E-state index is 11.6. The molecular weight excluding hydrogens is 268 g/mol. The molecule has 0 radical (unpaired) electrons. The van der Waals surface area contributed by atoms with Crippen LogP contribution in [0.5, 0.6) is 11.5 Å². The van der Waals surface area contributed by atoms with Gasteiger partial charge in [0, 0.05) is 16.6 Å². The lowest BCUT2D eigenvalue weighted by molar-refractivity contribution is -0.140. The molecule has 0 heterocycles. The minimum absolute atomic E-state index is 0.154. The van der Waals surface area contributed by atoms with Crippen LogP contribution >= 0.6 is 0 Å². The fourth-order valence-electron chi connectivity index (χ4n) is 1.36. The average molecular weight is 286 g/mol. The molecular formula is C13H18O5S. The molecule has 0 saturated carbocycles. The van der Waals surface area contributed by atoms with Gasteiger partial charge in [-0.1, -0.05) is 6.92 Å². The van der Waals surface area contributed by atoms with Gasteiger partial charge in [-0.2, -0.15) is 0 Å². The molecule has 1 rings (SSSR count). The zero-order valence-electron chi connectivity index (χ0n) is 11.0. The van der Waals surface area contributed by atoms with E-state index in [1.54, 1.807) is 38.3 Å². The number of carbonyl (C=O) groups is 1. The van der Waals surface area contributed by atoms with Crippen molar-refractivity contribution in [1.29, 1.82) is 0 Å². The maximum Gasteiger partial charge on any atom is 0.307 e. The number of hydrogen-bond donors (Lipinski definition) is 1. The van der Waals surface area contributed by atoms with Crippen molar-refractivity contribution in [3.05, 3.63) is 24.3 Å². The summed E-state index contributed by atoms with van der Waals surface area (Å²) in [7, 11) is 0.405. The normalized spacial score (nSPS) is 13.6. The second-order valence-electron chi connectivity index (χ2n) is 4.07. The molecule has 0 bridgehead atoms. The Bertz CT molecular complexity index is 429. The van der Waals surface area contributed by atoms with E-state index in [2.05, 4.69) is 0 Å². The van der Waals surface area contributed by atoms with Gasteiger partial charge in [0.1, 0.15) is 11.5 Å². The summed E-state index contributed by atoms with van der Waals surface area (Å²) in [5.41, 5.74) is 0. The Morgan fingerprint density at radius 2 is 1.89 bits per heavy atom. The standard InChI is InChI=1S/C13H18O5S/c1-10(13(14)15)9-19(16)8-7-18-12-5-3-11(17-2)4-6-12/h3-6,10H,7-9H2,1-2H3,(H,14,15). The molecule has 0 aromatic heterocycles. The van der Waals surface area contributed by atoms with Crippen molar-refractivity contribution in [2.24, 2.45) is 5.92 Å². The fourth-order valence-corrected chi connectivity index (χ4v) is 2.49. The minimum atomic E-state index is -1.18. The third-order valence-electron chi connectivity index (χ3n) is 2.50. The molecule has 1 N–H and O–H groups in total. The number of carboxylic acids is 1. The summed E-state index contributed by atoms with van der Waals surface area (Å²) in [6.45, 7) is 1.84. The second-order valence-corrected chi connectivity index (χ2v) is 5.70. The first-order valence-electron chi connectivity index (χ1n) is 5.87. The van der Waals surface area contributed by atoms with Crippen LogP contribution in [0.15, 0.2) is 24.3 Å². The van der Waals surface area contributed by atoms with Crippen molar-refractivity contribution < 1.29 is 23.6 Å². The predicted molar refractivity (Wildman–Crippen MR) is 73.2 cm³/mol. The van der Waals surface area contributed by atoms with E-state index >= 15 is 0 Å². The Morgan fingerprint density at radius 3 is 2.42 bits per heavy atom. The Balaban J connectivity index is 2.29. The minimum Gasteiger partial charge on any atom is -0.497 e. The third kappa shape index (κ3) is 5.74. The van der Waals surface area contributed by atoms with E-state index in [0.717, 1.165) is 5.75 Å². The first-order chi connectivity index (χ1) is 9.02. The topological polar surface area (TPSA) is 72.8 Å². The Hall–Kier alpha value is -1.56. The average Bonchev–Trinajstić information content (AvgIpc) is 2.39. The first-order valence-corrected chi connectivity index (χ1v) is 7.36. The van der Waals surface area contributed by atoms with E-state index in [1.807, 2.05) is 0 Å². The predicted octanol–water partition coefficient (Wildman–Crippen LogP) is 1.54. The molecule has 106 valence electrons. The summed E-state index contributed by atoms with van der Waals surface area (Å²) in [5.74, 6) is 0.367. The largest absolute Gasteiger partial charge is 0.497 e. The summed E-state index contributed by atoms with van der Waals surface area (Å²) in [6, 6.07) is 7.08. The lowest BCUT2D eigenvalue weighted by Crippen LogP contribution is -2.20. The second kappa shape index (κ2) is 7.78. The summed E-state index contributed by atoms with van der Waals surface area (Å²) >= 11 is 0. The quantitative estimate of drug-likeness (QED) is 0.785. The molecule has 0 fully saturated rings. The van der Waals surface area contributed by atoms with Crippen molar-refractivity contribution in [3.8, 4) is 11.5 Å². The number of carboxylic acid groups (broad SMARTS) is 1. The molecule has 0 aliphatic rings. The van der Waals surface area contributed by atoms with Crippen molar-refractivity contribution >= 4 is 16.8 Å². The number of hydrogen-bond acceptors (Lipinski definition) is 4. The summed E-state index contributed by atoms with van der Waals surface area (Å²) < 4.78 is 22.0. The molecule has 0 spiro atoms. The Labute approximate surface area is 115 Å². The fraction of sp³-hybridized carbons (Fsp3) is 0.462. The van der Waals surface area contributed by atoms with Crippen molar-refractivity contribution in [2.45, 2.75) is 6.92 Å². The van der Waals surface area contributed by atoms with E-state index in [-0.39, 0.29) is 5.75 Å². The molecule has 1 aromatic carbocycles. The lowest BCUT2D eigenvalue weighted by atomic mass is 10.2. The molecule has 2 unspecified atom stereocenters. The smallest absolute Gasteiger partial charge is 0.307 e. The van der Waals surface area contributed by atoms with Gasteiger partial charge >= 0.3 is 5.97 Å². The van der Waals surface area contributed by atoms with Crippen LogP contribution in [0.2, 0.25) is 0 Å². The highest BCUT2D eigenvalue weighted by Crippen LogP contribution is 2.16. The van der Waals surface area contributed by atoms with E-state index in [9.17, 15) is 9.00 Å². The highest BCUT2D eigenvalue weighted by molar-refractivity contribution is 7.85. The molecule has 6 heteroatoms. The van der Waals surface area contributed by atoms with Gasteiger partial charge in [-0.25, -0.2) is 0 Å². The van der Waals surface area contributed by atoms with Gasteiger partial charge in [0.05, 0.1) is 25.4 Å². The highest BCUT2D eigenvalue weighted by Gasteiger charge is 2.14. The van der Waals surface area contributed by atoms with Crippen LogP contribution in [0.3, 0.4) is 0 Å². The van der Waals surface area contributed by atoms with Crippen molar-refractivity contribution in [3.63, 3.8) is 0 Å². The molecule has 0 saturated heterocycles. The number of aliphatic carboxylic acids is 1. The lowest BCUT2D eigenvalue weighted by Gasteiger charge is -2.08. The van der Waals surface area contributed by atoms with Gasteiger partial charge in [-0.05, 0) is 24.3 Å². The SMILES string of the molecule is COc1ccc(OCCS(=O)CC(C)C(=O)O)cc1. The molecule has 0 aliphatic carbocycles. The van der Waals surface area contributed by atoms with Crippen LogP contribution in [0, 0.1) is 5.92 Å². The highest BCUT2D eigenvalue weighted by atomic mass is 32.2. The zero-order valence-corrected chi connectivity index (χ0v) is 11.8. The Kier molecular flexibility index (Phi) is 6.35. The number of ether oxygens (including phenoxy) is 2. The summed E-state index contributed by atoms with van der Waals surface area (Å²) in [6.07, 6.45) is 0.